The first kappa shape index (κ1) is 27.3. The van der Waals surface area contributed by atoms with Crippen LogP contribution in [0.4, 0.5) is 0 Å². The Labute approximate surface area is 267 Å². The summed E-state index contributed by atoms with van der Waals surface area (Å²) in [5, 5.41) is 1.13. The summed E-state index contributed by atoms with van der Waals surface area (Å²) < 4.78 is 0. The zero-order valence-electron chi connectivity index (χ0n) is 25.0. The van der Waals surface area contributed by atoms with E-state index < -0.39 is 0 Å². The van der Waals surface area contributed by atoms with Crippen molar-refractivity contribution in [1.82, 2.24) is 19.9 Å². The van der Waals surface area contributed by atoms with E-state index in [2.05, 4.69) is 145 Å². The average Bonchev–Trinajstić information content (AvgIpc) is 3.15. The highest BCUT2D eigenvalue weighted by atomic mass is 15.0. The molecule has 0 bridgehead atoms. The van der Waals surface area contributed by atoms with Crippen LogP contribution in [-0.2, 0) is 0 Å². The van der Waals surface area contributed by atoms with Crippen LogP contribution in [0.2, 0.25) is 0 Å². The van der Waals surface area contributed by atoms with Crippen molar-refractivity contribution in [2.75, 3.05) is 0 Å². The van der Waals surface area contributed by atoms with Crippen molar-refractivity contribution in [3.05, 3.63) is 170 Å². The monoisotopic (exact) mass is 588 g/mol. The van der Waals surface area contributed by atoms with Gasteiger partial charge in [0.1, 0.15) is 0 Å². The molecule has 8 rings (SSSR count). The predicted octanol–water partition coefficient (Wildman–Crippen LogP) is 10.4. The minimum Gasteiger partial charge on any atom is -0.256 e. The van der Waals surface area contributed by atoms with Crippen LogP contribution in [0.3, 0.4) is 0 Å². The second-order valence-corrected chi connectivity index (χ2v) is 11.1. The van der Waals surface area contributed by atoms with Gasteiger partial charge in [0.2, 0.25) is 0 Å². The molecule has 0 aliphatic carbocycles. The quantitative estimate of drug-likeness (QED) is 0.194. The Balaban J connectivity index is 1.19. The van der Waals surface area contributed by atoms with Crippen molar-refractivity contribution in [3.8, 4) is 67.5 Å². The van der Waals surface area contributed by atoms with Gasteiger partial charge in [0, 0.05) is 28.3 Å². The second kappa shape index (κ2) is 12.0. The number of hydrogen-bond donors (Lipinski definition) is 0. The fourth-order valence-corrected chi connectivity index (χ4v) is 5.79. The van der Waals surface area contributed by atoms with E-state index in [4.69, 9.17) is 15.0 Å². The first-order valence-corrected chi connectivity index (χ1v) is 15.3. The van der Waals surface area contributed by atoms with Gasteiger partial charge in [0.15, 0.2) is 17.5 Å². The fraction of sp³-hybridized carbons (Fsp3) is 0. The highest BCUT2D eigenvalue weighted by Gasteiger charge is 2.14. The molecule has 0 N–H and O–H groups in total. The molecule has 4 nitrogen and oxygen atoms in total. The number of para-hydroxylation sites is 1. The van der Waals surface area contributed by atoms with Gasteiger partial charge in [-0.1, -0.05) is 152 Å². The number of pyridine rings is 1. The van der Waals surface area contributed by atoms with Gasteiger partial charge in [-0.05, 0) is 45.5 Å². The molecule has 216 valence electrons. The van der Waals surface area contributed by atoms with Gasteiger partial charge in [-0.25, -0.2) is 15.0 Å². The molecule has 0 spiro atoms. The van der Waals surface area contributed by atoms with Crippen LogP contribution in [0.1, 0.15) is 0 Å². The summed E-state index contributed by atoms with van der Waals surface area (Å²) in [6.07, 6.45) is 1.86. The van der Waals surface area contributed by atoms with Crippen LogP contribution < -0.4 is 0 Å². The Kier molecular flexibility index (Phi) is 7.14. The summed E-state index contributed by atoms with van der Waals surface area (Å²) in [7, 11) is 0. The maximum atomic E-state index is 4.99. The van der Waals surface area contributed by atoms with Crippen LogP contribution >= 0.6 is 0 Å². The molecular formula is C42H28N4. The van der Waals surface area contributed by atoms with E-state index in [0.717, 1.165) is 49.8 Å². The van der Waals surface area contributed by atoms with Gasteiger partial charge < -0.3 is 0 Å². The topological polar surface area (TPSA) is 51.6 Å². The Morgan fingerprint density at radius 1 is 0.283 bits per heavy atom. The molecule has 2 aromatic heterocycles. The molecule has 4 heteroatoms. The van der Waals surface area contributed by atoms with Crippen molar-refractivity contribution in [3.63, 3.8) is 0 Å². The van der Waals surface area contributed by atoms with E-state index in [9.17, 15) is 0 Å². The predicted molar refractivity (Wildman–Crippen MR) is 188 cm³/mol. The fourth-order valence-electron chi connectivity index (χ4n) is 5.79. The average molecular weight is 589 g/mol. The summed E-state index contributed by atoms with van der Waals surface area (Å²) in [6, 6.07) is 56.3. The lowest BCUT2D eigenvalue weighted by Crippen LogP contribution is -2.00. The zero-order valence-corrected chi connectivity index (χ0v) is 25.0. The second-order valence-electron chi connectivity index (χ2n) is 11.1. The summed E-state index contributed by atoms with van der Waals surface area (Å²) >= 11 is 0. The van der Waals surface area contributed by atoms with Gasteiger partial charge in [-0.15, -0.1) is 0 Å². The van der Waals surface area contributed by atoms with Gasteiger partial charge >= 0.3 is 0 Å². The Bertz CT molecular complexity index is 2160. The van der Waals surface area contributed by atoms with Crippen molar-refractivity contribution in [1.29, 1.82) is 0 Å². The highest BCUT2D eigenvalue weighted by Crippen LogP contribution is 2.31. The summed E-state index contributed by atoms with van der Waals surface area (Å²) in [5.74, 6) is 1.90. The molecule has 0 aliphatic heterocycles. The molecule has 2 heterocycles. The van der Waals surface area contributed by atoms with E-state index >= 15 is 0 Å². The highest BCUT2D eigenvalue weighted by molar-refractivity contribution is 5.94. The number of benzene rings is 6. The van der Waals surface area contributed by atoms with Gasteiger partial charge in [-0.2, -0.15) is 0 Å². The van der Waals surface area contributed by atoms with Gasteiger partial charge in [0.25, 0.3) is 0 Å². The van der Waals surface area contributed by atoms with E-state index in [-0.39, 0.29) is 0 Å². The number of hydrogen-bond acceptors (Lipinski definition) is 4. The molecule has 0 unspecified atom stereocenters. The maximum absolute atomic E-state index is 4.99. The lowest BCUT2D eigenvalue weighted by atomic mass is 10.00. The lowest BCUT2D eigenvalue weighted by Gasteiger charge is -2.11. The normalized spacial score (nSPS) is 11.0. The summed E-state index contributed by atoms with van der Waals surface area (Å²) in [5.41, 5.74) is 10.7. The number of rotatable bonds is 6. The van der Waals surface area contributed by atoms with Gasteiger partial charge in [0.05, 0.1) is 5.52 Å². The molecule has 6 aromatic carbocycles. The van der Waals surface area contributed by atoms with E-state index in [0.29, 0.717) is 17.5 Å². The van der Waals surface area contributed by atoms with Crippen LogP contribution in [-0.4, -0.2) is 19.9 Å². The van der Waals surface area contributed by atoms with Crippen LogP contribution in [0.15, 0.2) is 170 Å². The van der Waals surface area contributed by atoms with Crippen molar-refractivity contribution in [2.45, 2.75) is 0 Å². The largest absolute Gasteiger partial charge is 0.256 e. The Morgan fingerprint density at radius 3 is 1.13 bits per heavy atom. The van der Waals surface area contributed by atoms with Crippen LogP contribution in [0, 0.1) is 0 Å². The third-order valence-electron chi connectivity index (χ3n) is 8.24. The third-order valence-corrected chi connectivity index (χ3v) is 8.24. The van der Waals surface area contributed by atoms with Crippen LogP contribution in [0.25, 0.3) is 78.4 Å². The minimum absolute atomic E-state index is 0.630. The minimum atomic E-state index is 0.630. The van der Waals surface area contributed by atoms with Crippen LogP contribution in [0.5, 0.6) is 0 Å². The SMILES string of the molecule is c1ccc(-c2ccc(-c3nc(-c4ccc(-c5ccccc5)cc4)nc(-c4ccc(-c5ccnc6ccccc56)cc4)n3)cc2)cc1. The molecule has 0 saturated carbocycles. The summed E-state index contributed by atoms with van der Waals surface area (Å²) in [6.45, 7) is 0. The standard InChI is InChI=1S/C42H28N4/c1-3-9-29(10-4-1)31-15-21-34(22-16-31)40-44-41(35-23-17-32(18-24-35)30-11-5-2-6-12-30)46-42(45-40)36-25-19-33(20-26-36)37-27-28-43-39-14-8-7-13-38(37)39/h1-28H. The molecule has 0 fully saturated rings. The Morgan fingerprint density at radius 2 is 0.652 bits per heavy atom. The smallest absolute Gasteiger partial charge is 0.164 e. The molecule has 0 atom stereocenters. The molecule has 8 aromatic rings. The van der Waals surface area contributed by atoms with E-state index in [1.54, 1.807) is 0 Å². The molecule has 46 heavy (non-hydrogen) atoms. The number of nitrogens with zero attached hydrogens (tertiary/aromatic N) is 4. The van der Waals surface area contributed by atoms with E-state index in [1.165, 1.54) is 11.1 Å². The number of aromatic nitrogens is 4. The lowest BCUT2D eigenvalue weighted by molar-refractivity contribution is 1.07. The maximum Gasteiger partial charge on any atom is 0.164 e. The molecule has 0 aliphatic rings. The van der Waals surface area contributed by atoms with Crippen molar-refractivity contribution < 1.29 is 0 Å². The first-order chi connectivity index (χ1) is 22.8. The molecule has 0 saturated heterocycles. The third kappa shape index (κ3) is 5.44. The van der Waals surface area contributed by atoms with E-state index in [1.807, 2.05) is 30.5 Å². The Hall–Kier alpha value is -6.26. The molecular weight excluding hydrogens is 560 g/mol. The van der Waals surface area contributed by atoms with Gasteiger partial charge in [-0.3, -0.25) is 4.98 Å². The van der Waals surface area contributed by atoms with Crippen molar-refractivity contribution in [2.24, 2.45) is 0 Å². The summed E-state index contributed by atoms with van der Waals surface area (Å²) in [4.78, 5) is 19.5. The molecule has 0 amide bonds. The molecule has 0 radical (unpaired) electrons. The zero-order chi connectivity index (χ0) is 30.7. The number of fused-ring (bicyclic) bond motifs is 1. The van der Waals surface area contributed by atoms with Crippen molar-refractivity contribution >= 4 is 10.9 Å². The first-order valence-electron chi connectivity index (χ1n) is 15.3.